The summed E-state index contributed by atoms with van der Waals surface area (Å²) in [6, 6.07) is 8.46. The van der Waals surface area contributed by atoms with Crippen LogP contribution in [0.5, 0.6) is 0 Å². The van der Waals surface area contributed by atoms with Crippen molar-refractivity contribution < 1.29 is 4.79 Å². The minimum absolute atomic E-state index is 0. The number of piperidine rings is 1. The zero-order chi connectivity index (χ0) is 18.0. The molecule has 7 heteroatoms. The monoisotopic (exact) mass is 447 g/mol. The second-order valence-corrected chi connectivity index (χ2v) is 8.82. The van der Waals surface area contributed by atoms with E-state index in [-0.39, 0.29) is 30.2 Å². The lowest BCUT2D eigenvalue weighted by molar-refractivity contribution is -0.135. The smallest absolute Gasteiger partial charge is 0.228 e. The molecule has 3 aliphatic rings. The fraction of sp³-hybridized carbons (Fsp3) is 0.667. The summed E-state index contributed by atoms with van der Waals surface area (Å²) in [7, 11) is 0. The third-order valence-electron chi connectivity index (χ3n) is 6.73. The topological polar surface area (TPSA) is 44.4 Å². The van der Waals surface area contributed by atoms with E-state index in [1.807, 2.05) is 12.1 Å². The fourth-order valence-electron chi connectivity index (χ4n) is 5.10. The summed E-state index contributed by atoms with van der Waals surface area (Å²) in [5.74, 6) is 0.865. The highest BCUT2D eigenvalue weighted by atomic mass is 35.5. The van der Waals surface area contributed by atoms with E-state index in [0.717, 1.165) is 57.0 Å². The van der Waals surface area contributed by atoms with Crippen LogP contribution in [0.1, 0.15) is 44.1 Å². The van der Waals surface area contributed by atoms with Gasteiger partial charge in [0, 0.05) is 37.2 Å². The molecule has 0 aromatic heterocycles. The summed E-state index contributed by atoms with van der Waals surface area (Å²) in [4.78, 5) is 15.6. The lowest BCUT2D eigenvalue weighted by Gasteiger charge is -2.39. The van der Waals surface area contributed by atoms with Crippen LogP contribution in [0.3, 0.4) is 0 Å². The molecule has 1 aromatic carbocycles. The van der Waals surface area contributed by atoms with Crippen molar-refractivity contribution in [3.63, 3.8) is 0 Å². The zero-order valence-corrected chi connectivity index (χ0v) is 18.7. The zero-order valence-electron chi connectivity index (χ0n) is 16.3. The predicted octanol–water partition coefficient (Wildman–Crippen LogP) is 4.04. The molecule has 0 unspecified atom stereocenters. The van der Waals surface area contributed by atoms with E-state index in [9.17, 15) is 4.79 Å². The molecule has 28 heavy (non-hydrogen) atoms. The first-order chi connectivity index (χ1) is 12.7. The standard InChI is InChI=1S/C21H30ClN3O.2ClH/c22-18-6-4-16(5-7-18)14-25-11-8-19(9-12-25)24-20(26)21-10-2-1-3-17(21)13-23-15-21;;/h4-7,17,19,23H,1-3,8-15H2,(H,24,26);2*1H/t17-,21+;;/m0../s1. The number of fused-ring (bicyclic) bond motifs is 1. The average molecular weight is 449 g/mol. The van der Waals surface area contributed by atoms with Gasteiger partial charge >= 0.3 is 0 Å². The van der Waals surface area contributed by atoms with Crippen molar-refractivity contribution in [3.8, 4) is 0 Å². The van der Waals surface area contributed by atoms with Crippen LogP contribution in [0, 0.1) is 11.3 Å². The van der Waals surface area contributed by atoms with Crippen molar-refractivity contribution in [1.29, 1.82) is 0 Å². The number of carbonyl (C=O) groups excluding carboxylic acids is 1. The molecule has 1 aliphatic carbocycles. The SMILES string of the molecule is Cl.Cl.O=C(NC1CCN(Cc2ccc(Cl)cc2)CC1)[C@@]12CCCC[C@H]1CNC2. The van der Waals surface area contributed by atoms with E-state index in [2.05, 4.69) is 27.7 Å². The molecular formula is C21H32Cl3N3O. The number of nitrogens with zero attached hydrogens (tertiary/aromatic N) is 1. The van der Waals surface area contributed by atoms with Gasteiger partial charge in [-0.1, -0.05) is 36.6 Å². The number of carbonyl (C=O) groups is 1. The van der Waals surface area contributed by atoms with E-state index in [0.29, 0.717) is 17.9 Å². The molecule has 1 saturated carbocycles. The summed E-state index contributed by atoms with van der Waals surface area (Å²) >= 11 is 5.97. The van der Waals surface area contributed by atoms with Crippen LogP contribution in [0.15, 0.2) is 24.3 Å². The Morgan fingerprint density at radius 3 is 2.57 bits per heavy atom. The molecule has 0 radical (unpaired) electrons. The molecule has 2 saturated heterocycles. The number of halogens is 3. The highest BCUT2D eigenvalue weighted by molar-refractivity contribution is 6.30. The summed E-state index contributed by atoms with van der Waals surface area (Å²) < 4.78 is 0. The van der Waals surface area contributed by atoms with Gasteiger partial charge in [0.05, 0.1) is 5.41 Å². The first-order valence-electron chi connectivity index (χ1n) is 10.1. The molecule has 4 nitrogen and oxygen atoms in total. The highest BCUT2D eigenvalue weighted by Gasteiger charge is 2.50. The molecule has 0 bridgehead atoms. The Kier molecular flexibility index (Phi) is 8.90. The van der Waals surface area contributed by atoms with Crippen LogP contribution in [0.4, 0.5) is 0 Å². The van der Waals surface area contributed by atoms with Crippen molar-refractivity contribution in [3.05, 3.63) is 34.9 Å². The first-order valence-corrected chi connectivity index (χ1v) is 10.5. The second kappa shape index (κ2) is 10.5. The molecular weight excluding hydrogens is 417 g/mol. The molecule has 2 heterocycles. The number of benzene rings is 1. The van der Waals surface area contributed by atoms with Gasteiger partial charge in [-0.3, -0.25) is 9.69 Å². The largest absolute Gasteiger partial charge is 0.353 e. The Balaban J connectivity index is 0.00000140. The quantitative estimate of drug-likeness (QED) is 0.730. The molecule has 1 aromatic rings. The number of hydrogen-bond acceptors (Lipinski definition) is 3. The minimum atomic E-state index is -0.126. The third-order valence-corrected chi connectivity index (χ3v) is 6.98. The molecule has 158 valence electrons. The van der Waals surface area contributed by atoms with Gasteiger partial charge in [0.25, 0.3) is 0 Å². The van der Waals surface area contributed by atoms with Crippen molar-refractivity contribution in [2.45, 2.75) is 51.1 Å². The van der Waals surface area contributed by atoms with Crippen LogP contribution in [-0.2, 0) is 11.3 Å². The van der Waals surface area contributed by atoms with E-state index in [1.165, 1.54) is 24.8 Å². The molecule has 2 atom stereocenters. The number of nitrogens with one attached hydrogen (secondary N) is 2. The minimum Gasteiger partial charge on any atom is -0.353 e. The van der Waals surface area contributed by atoms with E-state index >= 15 is 0 Å². The average Bonchev–Trinajstić information content (AvgIpc) is 3.10. The van der Waals surface area contributed by atoms with E-state index in [4.69, 9.17) is 11.6 Å². The molecule has 4 rings (SSSR count). The third kappa shape index (κ3) is 5.14. The summed E-state index contributed by atoms with van der Waals surface area (Å²) in [6.07, 6.45) is 6.85. The summed E-state index contributed by atoms with van der Waals surface area (Å²) in [5, 5.41) is 7.69. The maximum Gasteiger partial charge on any atom is 0.228 e. The summed E-state index contributed by atoms with van der Waals surface area (Å²) in [6.45, 7) is 4.95. The Hall–Kier alpha value is -0.520. The lowest BCUT2D eigenvalue weighted by Crippen LogP contribution is -2.53. The molecule has 1 amide bonds. The summed E-state index contributed by atoms with van der Waals surface area (Å²) in [5.41, 5.74) is 1.18. The van der Waals surface area contributed by atoms with Gasteiger partial charge in [0.2, 0.25) is 5.91 Å². The number of hydrogen-bond donors (Lipinski definition) is 2. The lowest BCUT2D eigenvalue weighted by atomic mass is 9.67. The Bertz CT molecular complexity index is 634. The Morgan fingerprint density at radius 1 is 1.14 bits per heavy atom. The van der Waals surface area contributed by atoms with Crippen molar-refractivity contribution >= 4 is 42.3 Å². The van der Waals surface area contributed by atoms with Gasteiger partial charge in [0.1, 0.15) is 0 Å². The van der Waals surface area contributed by atoms with Crippen molar-refractivity contribution in [1.82, 2.24) is 15.5 Å². The Morgan fingerprint density at radius 2 is 1.86 bits per heavy atom. The highest BCUT2D eigenvalue weighted by Crippen LogP contribution is 2.44. The maximum absolute atomic E-state index is 13.1. The van der Waals surface area contributed by atoms with E-state index < -0.39 is 0 Å². The van der Waals surface area contributed by atoms with Crippen LogP contribution in [0.2, 0.25) is 5.02 Å². The first kappa shape index (κ1) is 23.8. The predicted molar refractivity (Wildman–Crippen MR) is 120 cm³/mol. The number of likely N-dealkylation sites (tertiary alicyclic amines) is 1. The number of rotatable bonds is 4. The Labute approximate surface area is 186 Å². The van der Waals surface area contributed by atoms with Crippen LogP contribution in [-0.4, -0.2) is 43.0 Å². The van der Waals surface area contributed by atoms with Crippen molar-refractivity contribution in [2.24, 2.45) is 11.3 Å². The molecule has 0 spiro atoms. The maximum atomic E-state index is 13.1. The normalized spacial score (nSPS) is 28.0. The molecule has 2 N–H and O–H groups in total. The van der Waals surface area contributed by atoms with Gasteiger partial charge in [-0.2, -0.15) is 0 Å². The fourth-order valence-corrected chi connectivity index (χ4v) is 5.23. The van der Waals surface area contributed by atoms with Gasteiger partial charge in [-0.25, -0.2) is 0 Å². The van der Waals surface area contributed by atoms with Crippen LogP contribution >= 0.6 is 36.4 Å². The van der Waals surface area contributed by atoms with E-state index in [1.54, 1.807) is 0 Å². The second-order valence-electron chi connectivity index (χ2n) is 8.38. The van der Waals surface area contributed by atoms with Gasteiger partial charge in [0.15, 0.2) is 0 Å². The van der Waals surface area contributed by atoms with Crippen LogP contribution in [0.25, 0.3) is 0 Å². The van der Waals surface area contributed by atoms with Gasteiger partial charge in [-0.15, -0.1) is 24.8 Å². The van der Waals surface area contributed by atoms with Gasteiger partial charge in [-0.05, 0) is 55.8 Å². The molecule has 3 fully saturated rings. The molecule has 2 aliphatic heterocycles. The van der Waals surface area contributed by atoms with Crippen molar-refractivity contribution in [2.75, 3.05) is 26.2 Å². The van der Waals surface area contributed by atoms with Crippen LogP contribution < -0.4 is 10.6 Å². The van der Waals surface area contributed by atoms with Gasteiger partial charge < -0.3 is 10.6 Å². The number of amides is 1.